The van der Waals surface area contributed by atoms with E-state index >= 15 is 0 Å². The van der Waals surface area contributed by atoms with Gasteiger partial charge in [-0.25, -0.2) is 0 Å². The molecule has 100 valence electrons. The first-order valence-electron chi connectivity index (χ1n) is 7.20. The molecule has 1 heterocycles. The van der Waals surface area contributed by atoms with E-state index in [9.17, 15) is 5.11 Å². The molecule has 1 aliphatic heterocycles. The molecule has 2 atom stereocenters. The van der Waals surface area contributed by atoms with Crippen LogP contribution in [0.4, 0.5) is 0 Å². The monoisotopic (exact) mass is 241 g/mol. The van der Waals surface area contributed by atoms with Gasteiger partial charge in [0.25, 0.3) is 0 Å². The molecule has 0 aromatic rings. The second kappa shape index (κ2) is 5.25. The van der Waals surface area contributed by atoms with Gasteiger partial charge in [0, 0.05) is 31.4 Å². The highest BCUT2D eigenvalue weighted by Crippen LogP contribution is 2.51. The van der Waals surface area contributed by atoms with Crippen LogP contribution in [-0.4, -0.2) is 30.0 Å². The molecular weight excluding hydrogens is 214 g/mol. The molecule has 1 saturated carbocycles. The maximum Gasteiger partial charge on any atom is 0.0762 e. The van der Waals surface area contributed by atoms with Gasteiger partial charge in [-0.15, -0.1) is 0 Å². The molecule has 0 bridgehead atoms. The average molecular weight is 241 g/mol. The second-order valence-electron chi connectivity index (χ2n) is 5.96. The summed E-state index contributed by atoms with van der Waals surface area (Å²) in [5, 5.41) is 11.1. The topological polar surface area (TPSA) is 55.5 Å². The smallest absolute Gasteiger partial charge is 0.0762 e. The molecule has 0 aromatic carbocycles. The molecule has 3 nitrogen and oxygen atoms in total. The van der Waals surface area contributed by atoms with Gasteiger partial charge in [0.1, 0.15) is 0 Å². The maximum atomic E-state index is 11.1. The Morgan fingerprint density at radius 2 is 2.00 bits per heavy atom. The molecule has 17 heavy (non-hydrogen) atoms. The van der Waals surface area contributed by atoms with Crippen LogP contribution in [0.15, 0.2) is 0 Å². The minimum atomic E-state index is -0.573. The minimum absolute atomic E-state index is 0.0250. The van der Waals surface area contributed by atoms with Crippen LogP contribution in [0, 0.1) is 5.41 Å². The summed E-state index contributed by atoms with van der Waals surface area (Å²) >= 11 is 0. The van der Waals surface area contributed by atoms with Gasteiger partial charge in [-0.2, -0.15) is 0 Å². The number of nitrogens with two attached hydrogens (primary N) is 1. The normalized spacial score (nSPS) is 37.2. The molecule has 0 aromatic heterocycles. The van der Waals surface area contributed by atoms with Crippen molar-refractivity contribution in [2.75, 3.05) is 13.2 Å². The summed E-state index contributed by atoms with van der Waals surface area (Å²) in [6.45, 7) is 3.50. The van der Waals surface area contributed by atoms with Crippen LogP contribution in [0.5, 0.6) is 0 Å². The Bertz CT molecular complexity index is 249. The van der Waals surface area contributed by atoms with Gasteiger partial charge in [0.15, 0.2) is 0 Å². The summed E-state index contributed by atoms with van der Waals surface area (Å²) in [5.41, 5.74) is 5.41. The third-order valence-electron chi connectivity index (χ3n) is 4.98. The Balaban J connectivity index is 2.10. The lowest BCUT2D eigenvalue weighted by Gasteiger charge is -2.49. The van der Waals surface area contributed by atoms with Gasteiger partial charge in [0.2, 0.25) is 0 Å². The molecule has 3 N–H and O–H groups in total. The summed E-state index contributed by atoms with van der Waals surface area (Å²) in [6, 6.07) is 0. The lowest BCUT2D eigenvalue weighted by molar-refractivity contribution is -0.165. The van der Waals surface area contributed by atoms with Gasteiger partial charge in [-0.1, -0.05) is 26.2 Å². The molecule has 1 saturated heterocycles. The molecule has 2 unspecified atom stereocenters. The quantitative estimate of drug-likeness (QED) is 0.793. The molecule has 0 amide bonds. The minimum Gasteiger partial charge on any atom is -0.389 e. The highest BCUT2D eigenvalue weighted by molar-refractivity contribution is 5.04. The van der Waals surface area contributed by atoms with Crippen molar-refractivity contribution >= 4 is 0 Å². The van der Waals surface area contributed by atoms with Crippen molar-refractivity contribution < 1.29 is 9.84 Å². The molecule has 0 radical (unpaired) electrons. The van der Waals surface area contributed by atoms with Crippen molar-refractivity contribution in [1.82, 2.24) is 0 Å². The van der Waals surface area contributed by atoms with Gasteiger partial charge >= 0.3 is 0 Å². The number of ether oxygens (including phenoxy) is 1. The van der Waals surface area contributed by atoms with Crippen LogP contribution in [-0.2, 0) is 4.74 Å². The Hall–Kier alpha value is -0.120. The molecule has 2 fully saturated rings. The van der Waals surface area contributed by atoms with Crippen LogP contribution in [0.25, 0.3) is 0 Å². The van der Waals surface area contributed by atoms with Crippen LogP contribution >= 0.6 is 0 Å². The highest BCUT2D eigenvalue weighted by Gasteiger charge is 2.52. The molecule has 0 spiro atoms. The lowest BCUT2D eigenvalue weighted by Crippen LogP contribution is -2.55. The largest absolute Gasteiger partial charge is 0.389 e. The van der Waals surface area contributed by atoms with E-state index in [1.807, 2.05) is 0 Å². The van der Waals surface area contributed by atoms with E-state index < -0.39 is 5.60 Å². The van der Waals surface area contributed by atoms with Crippen molar-refractivity contribution in [3.63, 3.8) is 0 Å². The molecule has 2 rings (SSSR count). The zero-order valence-electron chi connectivity index (χ0n) is 11.1. The number of hydrogen-bond donors (Lipinski definition) is 2. The maximum absolute atomic E-state index is 11.1. The van der Waals surface area contributed by atoms with Gasteiger partial charge in [0.05, 0.1) is 11.7 Å². The fraction of sp³-hybridized carbons (Fsp3) is 1.00. The first-order valence-corrected chi connectivity index (χ1v) is 7.20. The van der Waals surface area contributed by atoms with Crippen LogP contribution in [0.2, 0.25) is 0 Å². The molecule has 1 aliphatic carbocycles. The molecular formula is C14H27NO2. The van der Waals surface area contributed by atoms with Crippen molar-refractivity contribution in [1.29, 1.82) is 0 Å². The first kappa shape index (κ1) is 13.3. The molecule has 2 aliphatic rings. The summed E-state index contributed by atoms with van der Waals surface area (Å²) in [4.78, 5) is 0. The predicted octanol–water partition coefficient (Wildman–Crippen LogP) is 2.22. The van der Waals surface area contributed by atoms with E-state index in [0.717, 1.165) is 38.5 Å². The van der Waals surface area contributed by atoms with Crippen LogP contribution in [0.3, 0.4) is 0 Å². The SMILES string of the molecule is CCCC1CC(O)(C2(CN)CCCC2)CCO1. The van der Waals surface area contributed by atoms with Crippen molar-refractivity contribution in [2.45, 2.75) is 70.0 Å². The first-order chi connectivity index (χ1) is 8.16. The zero-order valence-corrected chi connectivity index (χ0v) is 11.1. The molecule has 3 heteroatoms. The van der Waals surface area contributed by atoms with Crippen molar-refractivity contribution in [3.8, 4) is 0 Å². The summed E-state index contributed by atoms with van der Waals surface area (Å²) in [6.07, 6.45) is 8.61. The van der Waals surface area contributed by atoms with Gasteiger partial charge < -0.3 is 15.6 Å². The van der Waals surface area contributed by atoms with E-state index in [4.69, 9.17) is 10.5 Å². The Kier molecular flexibility index (Phi) is 4.11. The van der Waals surface area contributed by atoms with E-state index in [1.165, 1.54) is 12.8 Å². The third kappa shape index (κ3) is 2.38. The fourth-order valence-electron chi connectivity index (χ4n) is 3.83. The van der Waals surface area contributed by atoms with Crippen LogP contribution in [0.1, 0.15) is 58.3 Å². The van der Waals surface area contributed by atoms with E-state index in [1.54, 1.807) is 0 Å². The highest BCUT2D eigenvalue weighted by atomic mass is 16.5. The standard InChI is InChI=1S/C14H27NO2/c1-2-5-12-10-14(16,8-9-17-12)13(11-15)6-3-4-7-13/h12,16H,2-11,15H2,1H3. The summed E-state index contributed by atoms with van der Waals surface area (Å²) < 4.78 is 5.76. The van der Waals surface area contributed by atoms with E-state index in [2.05, 4.69) is 6.92 Å². The van der Waals surface area contributed by atoms with Crippen LogP contribution < -0.4 is 5.73 Å². The summed E-state index contributed by atoms with van der Waals surface area (Å²) in [7, 11) is 0. The predicted molar refractivity (Wildman–Crippen MR) is 68.8 cm³/mol. The number of hydrogen-bond acceptors (Lipinski definition) is 3. The lowest BCUT2D eigenvalue weighted by atomic mass is 9.65. The number of rotatable bonds is 4. The van der Waals surface area contributed by atoms with E-state index in [0.29, 0.717) is 13.2 Å². The van der Waals surface area contributed by atoms with Crippen molar-refractivity contribution in [2.24, 2.45) is 11.1 Å². The zero-order chi connectivity index (χ0) is 12.4. The van der Waals surface area contributed by atoms with Crippen molar-refractivity contribution in [3.05, 3.63) is 0 Å². The fourth-order valence-corrected chi connectivity index (χ4v) is 3.83. The average Bonchev–Trinajstić information content (AvgIpc) is 2.80. The Morgan fingerprint density at radius 1 is 1.29 bits per heavy atom. The second-order valence-corrected chi connectivity index (χ2v) is 5.96. The van der Waals surface area contributed by atoms with E-state index in [-0.39, 0.29) is 11.5 Å². The van der Waals surface area contributed by atoms with Gasteiger partial charge in [-0.3, -0.25) is 0 Å². The van der Waals surface area contributed by atoms with Gasteiger partial charge in [-0.05, 0) is 19.3 Å². The number of aliphatic hydroxyl groups is 1. The summed E-state index contributed by atoms with van der Waals surface area (Å²) in [5.74, 6) is 0. The third-order valence-corrected chi connectivity index (χ3v) is 4.98. The Morgan fingerprint density at radius 3 is 2.59 bits per heavy atom. The Labute approximate surface area is 105 Å².